The van der Waals surface area contributed by atoms with Crippen molar-refractivity contribution < 1.29 is 19.5 Å². The Hall–Kier alpha value is -2.41. The Morgan fingerprint density at radius 2 is 1.90 bits per heavy atom. The Kier molecular flexibility index (Phi) is 3.71. The highest BCUT2D eigenvalue weighted by molar-refractivity contribution is 6.41. The van der Waals surface area contributed by atoms with Crippen LogP contribution in [0.4, 0.5) is 5.69 Å². The number of hydrogen-bond acceptors (Lipinski definition) is 4. The van der Waals surface area contributed by atoms with E-state index < -0.39 is 23.8 Å². The highest BCUT2D eigenvalue weighted by Gasteiger charge is 2.33. The molecule has 1 aromatic carbocycles. The molecule has 0 radical (unpaired) electrons. The molecule has 1 aliphatic heterocycles. The van der Waals surface area contributed by atoms with Gasteiger partial charge in [0.25, 0.3) is 0 Å². The number of amides is 2. The van der Waals surface area contributed by atoms with Gasteiger partial charge in [0.2, 0.25) is 0 Å². The van der Waals surface area contributed by atoms with E-state index in [0.29, 0.717) is 24.3 Å². The molecule has 0 aromatic heterocycles. The molecule has 1 unspecified atom stereocenters. The summed E-state index contributed by atoms with van der Waals surface area (Å²) in [5.74, 6) is -2.48. The van der Waals surface area contributed by atoms with Gasteiger partial charge in [0.15, 0.2) is 0 Å². The highest BCUT2D eigenvalue weighted by Crippen LogP contribution is 2.26. The van der Waals surface area contributed by atoms with Crippen molar-refractivity contribution in [3.63, 3.8) is 0 Å². The van der Waals surface area contributed by atoms with E-state index in [9.17, 15) is 14.4 Å². The number of piperazine rings is 1. The third-order valence-electron chi connectivity index (χ3n) is 3.26. The second kappa shape index (κ2) is 5.30. The topological polar surface area (TPSA) is 104 Å². The molecule has 1 aromatic rings. The van der Waals surface area contributed by atoms with Crippen molar-refractivity contribution in [1.82, 2.24) is 4.90 Å². The first kappa shape index (κ1) is 14.0. The first-order chi connectivity index (χ1) is 9.43. The van der Waals surface area contributed by atoms with Crippen molar-refractivity contribution in [2.45, 2.75) is 6.04 Å². The molecule has 0 spiro atoms. The molecule has 2 amide bonds. The van der Waals surface area contributed by atoms with Crippen LogP contribution in [0.2, 0.25) is 0 Å². The minimum absolute atomic E-state index is 0.310. The Morgan fingerprint density at radius 3 is 2.55 bits per heavy atom. The first-order valence-electron chi connectivity index (χ1n) is 6.07. The van der Waals surface area contributed by atoms with Gasteiger partial charge in [-0.05, 0) is 6.07 Å². The number of carbonyl (C=O) groups is 3. The molecule has 1 fully saturated rings. The van der Waals surface area contributed by atoms with Crippen LogP contribution in [0.1, 0.15) is 11.6 Å². The predicted molar refractivity (Wildman–Crippen MR) is 71.0 cm³/mol. The Labute approximate surface area is 115 Å². The monoisotopic (exact) mass is 277 g/mol. The number of rotatable bonds is 3. The SMILES string of the molecule is CN1CCN(c2ccccc2C(N)C(=O)O)C(=O)C1=O. The van der Waals surface area contributed by atoms with Gasteiger partial charge in [-0.2, -0.15) is 0 Å². The molecule has 20 heavy (non-hydrogen) atoms. The normalized spacial score (nSPS) is 17.3. The number of para-hydroxylation sites is 1. The highest BCUT2D eigenvalue weighted by atomic mass is 16.4. The summed E-state index contributed by atoms with van der Waals surface area (Å²) in [6.07, 6.45) is 0. The van der Waals surface area contributed by atoms with E-state index in [1.807, 2.05) is 0 Å². The molecule has 106 valence electrons. The van der Waals surface area contributed by atoms with Gasteiger partial charge in [0.05, 0.1) is 0 Å². The molecule has 1 heterocycles. The molecule has 1 atom stereocenters. The van der Waals surface area contributed by atoms with E-state index in [-0.39, 0.29) is 0 Å². The van der Waals surface area contributed by atoms with Crippen molar-refractivity contribution >= 4 is 23.5 Å². The summed E-state index contributed by atoms with van der Waals surface area (Å²) in [4.78, 5) is 37.4. The fourth-order valence-corrected chi connectivity index (χ4v) is 2.09. The van der Waals surface area contributed by atoms with Gasteiger partial charge in [-0.25, -0.2) is 0 Å². The zero-order valence-corrected chi connectivity index (χ0v) is 10.9. The fraction of sp³-hybridized carbons (Fsp3) is 0.308. The number of nitrogens with two attached hydrogens (primary N) is 1. The minimum Gasteiger partial charge on any atom is -0.480 e. The third-order valence-corrected chi connectivity index (χ3v) is 3.26. The van der Waals surface area contributed by atoms with Crippen LogP contribution in [0, 0.1) is 0 Å². The van der Waals surface area contributed by atoms with Crippen LogP contribution < -0.4 is 10.6 Å². The second-order valence-electron chi connectivity index (χ2n) is 4.56. The van der Waals surface area contributed by atoms with E-state index in [1.165, 1.54) is 9.80 Å². The van der Waals surface area contributed by atoms with Crippen LogP contribution in [-0.2, 0) is 14.4 Å². The standard InChI is InChI=1S/C13H15N3O4/c1-15-6-7-16(12(18)11(15)17)9-5-3-2-4-8(9)10(14)13(19)20/h2-5,10H,6-7,14H2,1H3,(H,19,20). The Bertz CT molecular complexity index is 572. The largest absolute Gasteiger partial charge is 0.480 e. The van der Waals surface area contributed by atoms with Crippen molar-refractivity contribution in [3.05, 3.63) is 29.8 Å². The van der Waals surface area contributed by atoms with Gasteiger partial charge in [0.1, 0.15) is 6.04 Å². The van der Waals surface area contributed by atoms with Crippen molar-refractivity contribution in [3.8, 4) is 0 Å². The van der Waals surface area contributed by atoms with E-state index in [2.05, 4.69) is 0 Å². The molecule has 0 bridgehead atoms. The van der Waals surface area contributed by atoms with Gasteiger partial charge >= 0.3 is 17.8 Å². The number of hydrogen-bond donors (Lipinski definition) is 2. The maximum absolute atomic E-state index is 12.0. The number of likely N-dealkylation sites (N-methyl/N-ethyl adjacent to an activating group) is 1. The Balaban J connectivity index is 2.41. The zero-order valence-electron chi connectivity index (χ0n) is 10.9. The van der Waals surface area contributed by atoms with Gasteiger partial charge < -0.3 is 20.6 Å². The molecule has 2 rings (SSSR count). The fourth-order valence-electron chi connectivity index (χ4n) is 2.09. The van der Waals surface area contributed by atoms with Crippen LogP contribution in [0.3, 0.4) is 0 Å². The van der Waals surface area contributed by atoms with E-state index in [0.717, 1.165) is 0 Å². The van der Waals surface area contributed by atoms with Crippen LogP contribution in [0.25, 0.3) is 0 Å². The molecular weight excluding hydrogens is 262 g/mol. The first-order valence-corrected chi connectivity index (χ1v) is 6.07. The number of carboxylic acids is 1. The lowest BCUT2D eigenvalue weighted by molar-refractivity contribution is -0.145. The molecule has 0 aliphatic carbocycles. The van der Waals surface area contributed by atoms with Gasteiger partial charge in [-0.15, -0.1) is 0 Å². The summed E-state index contributed by atoms with van der Waals surface area (Å²) in [5.41, 5.74) is 6.30. The number of carbonyl (C=O) groups excluding carboxylic acids is 2. The molecular formula is C13H15N3O4. The lowest BCUT2D eigenvalue weighted by Crippen LogP contribution is -2.53. The average Bonchev–Trinajstić information content (AvgIpc) is 2.44. The van der Waals surface area contributed by atoms with Crippen LogP contribution in [0.15, 0.2) is 24.3 Å². The van der Waals surface area contributed by atoms with Crippen LogP contribution in [0.5, 0.6) is 0 Å². The summed E-state index contributed by atoms with van der Waals surface area (Å²) in [7, 11) is 1.55. The second-order valence-corrected chi connectivity index (χ2v) is 4.56. The lowest BCUT2D eigenvalue weighted by atomic mass is 10.0. The molecule has 3 N–H and O–H groups in total. The quantitative estimate of drug-likeness (QED) is 0.730. The summed E-state index contributed by atoms with van der Waals surface area (Å²) in [6, 6.07) is 5.21. The maximum atomic E-state index is 12.0. The zero-order chi connectivity index (χ0) is 14.9. The maximum Gasteiger partial charge on any atom is 0.325 e. The number of anilines is 1. The van der Waals surface area contributed by atoms with Gasteiger partial charge in [-0.3, -0.25) is 14.4 Å². The molecule has 0 saturated carbocycles. The minimum atomic E-state index is -1.24. The van der Waals surface area contributed by atoms with Gasteiger partial charge in [0, 0.05) is 31.4 Å². The number of aliphatic carboxylic acids is 1. The van der Waals surface area contributed by atoms with E-state index >= 15 is 0 Å². The van der Waals surface area contributed by atoms with Crippen molar-refractivity contribution in [2.24, 2.45) is 5.73 Å². The molecule has 1 saturated heterocycles. The lowest BCUT2D eigenvalue weighted by Gasteiger charge is -2.33. The van der Waals surface area contributed by atoms with Gasteiger partial charge in [-0.1, -0.05) is 18.2 Å². The van der Waals surface area contributed by atoms with E-state index in [4.69, 9.17) is 10.8 Å². The summed E-state index contributed by atoms with van der Waals surface area (Å²) in [5, 5.41) is 9.01. The van der Waals surface area contributed by atoms with E-state index in [1.54, 1.807) is 31.3 Å². The van der Waals surface area contributed by atoms with Crippen molar-refractivity contribution in [1.29, 1.82) is 0 Å². The third kappa shape index (κ3) is 2.35. The molecule has 1 aliphatic rings. The summed E-state index contributed by atoms with van der Waals surface area (Å²) < 4.78 is 0. The van der Waals surface area contributed by atoms with Crippen LogP contribution in [-0.4, -0.2) is 47.9 Å². The number of benzene rings is 1. The molecule has 7 heteroatoms. The summed E-state index contributed by atoms with van der Waals surface area (Å²) in [6.45, 7) is 0.700. The van der Waals surface area contributed by atoms with Crippen molar-refractivity contribution in [2.75, 3.05) is 25.0 Å². The predicted octanol–water partition coefficient (Wildman–Crippen LogP) is -0.424. The smallest absolute Gasteiger partial charge is 0.325 e. The number of nitrogens with zero attached hydrogens (tertiary/aromatic N) is 2. The molecule has 7 nitrogen and oxygen atoms in total. The number of carboxylic acid groups (broad SMARTS) is 1. The van der Waals surface area contributed by atoms with Crippen LogP contribution >= 0.6 is 0 Å². The summed E-state index contributed by atoms with van der Waals surface area (Å²) >= 11 is 0. The average molecular weight is 277 g/mol. The Morgan fingerprint density at radius 1 is 1.25 bits per heavy atom.